The summed E-state index contributed by atoms with van der Waals surface area (Å²) >= 11 is 0. The molecule has 0 spiro atoms. The molecule has 0 unspecified atom stereocenters. The molecule has 0 saturated carbocycles. The fraction of sp³-hybridized carbons (Fsp3) is 0.750. The van der Waals surface area contributed by atoms with Crippen molar-refractivity contribution in [3.05, 3.63) is 0 Å². The highest BCUT2D eigenvalue weighted by Crippen LogP contribution is 2.11. The number of carbonyl (C=O) groups excluding carboxylic acids is 2. The summed E-state index contributed by atoms with van der Waals surface area (Å²) in [6, 6.07) is 2.00. The number of carbonyl (C=O) groups is 2. The maximum Gasteiger partial charge on any atom is 0.410 e. The van der Waals surface area contributed by atoms with Gasteiger partial charge in [-0.15, -0.1) is 0 Å². The molecule has 0 bridgehead atoms. The Morgan fingerprint density at radius 1 is 1.39 bits per heavy atom. The molecule has 6 nitrogen and oxygen atoms in total. The zero-order valence-electron chi connectivity index (χ0n) is 11.5. The molecule has 0 aliphatic rings. The Kier molecular flexibility index (Phi) is 6.17. The van der Waals surface area contributed by atoms with Gasteiger partial charge in [-0.1, -0.05) is 0 Å². The van der Waals surface area contributed by atoms with Crippen LogP contribution in [0.5, 0.6) is 0 Å². The number of esters is 1. The smallest absolute Gasteiger partial charge is 0.410 e. The third-order valence-electron chi connectivity index (χ3n) is 1.91. The third kappa shape index (κ3) is 6.74. The van der Waals surface area contributed by atoms with Gasteiger partial charge in [0, 0.05) is 6.54 Å². The van der Waals surface area contributed by atoms with Crippen molar-refractivity contribution >= 4 is 12.1 Å². The number of hydrogen-bond acceptors (Lipinski definition) is 5. The van der Waals surface area contributed by atoms with Gasteiger partial charge >= 0.3 is 12.1 Å². The standard InChI is InChI=1S/C12H20N2O4/c1-9(6-13)7-14(8-10(15)17-5)11(16)18-12(2,3)4/h9H,7-8H2,1-5H3/t9-/m1/s1. The van der Waals surface area contributed by atoms with Crippen molar-refractivity contribution in [1.29, 1.82) is 5.26 Å². The summed E-state index contributed by atoms with van der Waals surface area (Å²) in [5.41, 5.74) is -0.651. The molecule has 0 aromatic rings. The Bertz CT molecular complexity index is 341. The zero-order valence-corrected chi connectivity index (χ0v) is 11.5. The van der Waals surface area contributed by atoms with Crippen LogP contribution in [-0.4, -0.2) is 42.8 Å². The lowest BCUT2D eigenvalue weighted by molar-refractivity contribution is -0.141. The first-order valence-electron chi connectivity index (χ1n) is 5.64. The Morgan fingerprint density at radius 3 is 2.33 bits per heavy atom. The van der Waals surface area contributed by atoms with E-state index < -0.39 is 17.7 Å². The van der Waals surface area contributed by atoms with Crippen molar-refractivity contribution in [2.75, 3.05) is 20.2 Å². The summed E-state index contributed by atoms with van der Waals surface area (Å²) in [7, 11) is 1.24. The molecule has 0 radical (unpaired) electrons. The minimum absolute atomic E-state index is 0.126. The first-order valence-corrected chi connectivity index (χ1v) is 5.64. The zero-order chi connectivity index (χ0) is 14.3. The maximum atomic E-state index is 11.8. The molecule has 0 aliphatic heterocycles. The van der Waals surface area contributed by atoms with E-state index in [9.17, 15) is 9.59 Å². The Morgan fingerprint density at radius 2 is 1.94 bits per heavy atom. The van der Waals surface area contributed by atoms with Crippen LogP contribution in [0, 0.1) is 17.2 Å². The lowest BCUT2D eigenvalue weighted by atomic mass is 10.2. The topological polar surface area (TPSA) is 79.6 Å². The minimum atomic E-state index is -0.651. The van der Waals surface area contributed by atoms with Crippen LogP contribution in [0.25, 0.3) is 0 Å². The molecular weight excluding hydrogens is 236 g/mol. The molecule has 0 rings (SSSR count). The molecule has 0 aromatic heterocycles. The van der Waals surface area contributed by atoms with E-state index in [2.05, 4.69) is 4.74 Å². The van der Waals surface area contributed by atoms with Gasteiger partial charge in [0.05, 0.1) is 19.1 Å². The van der Waals surface area contributed by atoms with Crippen LogP contribution < -0.4 is 0 Å². The molecule has 0 heterocycles. The molecule has 18 heavy (non-hydrogen) atoms. The molecule has 1 amide bonds. The summed E-state index contributed by atoms with van der Waals surface area (Å²) < 4.78 is 9.67. The van der Waals surface area contributed by atoms with Gasteiger partial charge in [-0.2, -0.15) is 5.26 Å². The normalized spacial score (nSPS) is 12.2. The second-order valence-corrected chi connectivity index (χ2v) is 4.97. The molecule has 0 fully saturated rings. The maximum absolute atomic E-state index is 11.8. The van der Waals surface area contributed by atoms with Gasteiger partial charge in [0.15, 0.2) is 0 Å². The van der Waals surface area contributed by atoms with E-state index in [1.54, 1.807) is 27.7 Å². The van der Waals surface area contributed by atoms with Crippen LogP contribution in [0.1, 0.15) is 27.7 Å². The Labute approximate surface area is 107 Å². The summed E-state index contributed by atoms with van der Waals surface area (Å²) in [6.45, 7) is 6.76. The van der Waals surface area contributed by atoms with Gasteiger partial charge < -0.3 is 9.47 Å². The lowest BCUT2D eigenvalue weighted by Crippen LogP contribution is -2.42. The number of hydrogen-bond donors (Lipinski definition) is 0. The van der Waals surface area contributed by atoms with E-state index in [-0.39, 0.29) is 19.0 Å². The van der Waals surface area contributed by atoms with Crippen molar-refractivity contribution in [3.8, 4) is 6.07 Å². The van der Waals surface area contributed by atoms with Crippen LogP contribution in [0.2, 0.25) is 0 Å². The number of amides is 1. The summed E-state index contributed by atoms with van der Waals surface area (Å²) in [5, 5.41) is 8.74. The second-order valence-electron chi connectivity index (χ2n) is 4.97. The molecule has 0 aromatic carbocycles. The van der Waals surface area contributed by atoms with Crippen molar-refractivity contribution in [2.24, 2.45) is 5.92 Å². The van der Waals surface area contributed by atoms with Crippen molar-refractivity contribution in [1.82, 2.24) is 4.90 Å². The molecule has 0 saturated heterocycles. The fourth-order valence-electron chi connectivity index (χ4n) is 1.12. The summed E-state index contributed by atoms with van der Waals surface area (Å²) in [6.07, 6.45) is -0.630. The first-order chi connectivity index (χ1) is 8.19. The monoisotopic (exact) mass is 256 g/mol. The Balaban J connectivity index is 4.70. The van der Waals surface area contributed by atoms with Gasteiger partial charge in [-0.25, -0.2) is 4.79 Å². The van der Waals surface area contributed by atoms with Gasteiger partial charge in [-0.3, -0.25) is 9.69 Å². The molecule has 0 N–H and O–H groups in total. The van der Waals surface area contributed by atoms with Crippen molar-refractivity contribution in [2.45, 2.75) is 33.3 Å². The lowest BCUT2D eigenvalue weighted by Gasteiger charge is -2.27. The van der Waals surface area contributed by atoms with Crippen LogP contribution in [0.3, 0.4) is 0 Å². The molecule has 1 atom stereocenters. The number of nitriles is 1. The SMILES string of the molecule is COC(=O)CN(C[C@H](C)C#N)C(=O)OC(C)(C)C. The van der Waals surface area contributed by atoms with E-state index in [1.165, 1.54) is 12.0 Å². The largest absolute Gasteiger partial charge is 0.468 e. The quantitative estimate of drug-likeness (QED) is 0.713. The Hall–Kier alpha value is -1.77. The van der Waals surface area contributed by atoms with Gasteiger partial charge in [0.2, 0.25) is 0 Å². The van der Waals surface area contributed by atoms with E-state index >= 15 is 0 Å². The highest BCUT2D eigenvalue weighted by atomic mass is 16.6. The molecule has 102 valence electrons. The molecular formula is C12H20N2O4. The number of nitrogens with zero attached hydrogens (tertiary/aromatic N) is 2. The van der Waals surface area contributed by atoms with Crippen molar-refractivity contribution in [3.63, 3.8) is 0 Å². The average molecular weight is 256 g/mol. The average Bonchev–Trinajstić information content (AvgIpc) is 2.25. The van der Waals surface area contributed by atoms with E-state index in [1.807, 2.05) is 6.07 Å². The van der Waals surface area contributed by atoms with E-state index in [4.69, 9.17) is 10.00 Å². The summed E-state index contributed by atoms with van der Waals surface area (Å²) in [4.78, 5) is 24.2. The number of rotatable bonds is 4. The number of methoxy groups -OCH3 is 1. The van der Waals surface area contributed by atoms with E-state index in [0.29, 0.717) is 0 Å². The van der Waals surface area contributed by atoms with Gasteiger partial charge in [0.25, 0.3) is 0 Å². The van der Waals surface area contributed by atoms with Gasteiger partial charge in [-0.05, 0) is 27.7 Å². The summed E-state index contributed by atoms with van der Waals surface area (Å²) in [5.74, 6) is -0.937. The van der Waals surface area contributed by atoms with Crippen LogP contribution in [-0.2, 0) is 14.3 Å². The second kappa shape index (κ2) is 6.84. The minimum Gasteiger partial charge on any atom is -0.468 e. The molecule has 0 aliphatic carbocycles. The van der Waals surface area contributed by atoms with Crippen molar-refractivity contribution < 1.29 is 19.1 Å². The van der Waals surface area contributed by atoms with Gasteiger partial charge in [0.1, 0.15) is 12.1 Å². The van der Waals surface area contributed by atoms with Crippen LogP contribution in [0.15, 0.2) is 0 Å². The fourth-order valence-corrected chi connectivity index (χ4v) is 1.12. The highest BCUT2D eigenvalue weighted by Gasteiger charge is 2.25. The van der Waals surface area contributed by atoms with E-state index in [0.717, 1.165) is 0 Å². The third-order valence-corrected chi connectivity index (χ3v) is 1.91. The van der Waals surface area contributed by atoms with Crippen LogP contribution in [0.4, 0.5) is 4.79 Å². The first kappa shape index (κ1) is 16.2. The molecule has 6 heteroatoms. The number of ether oxygens (including phenoxy) is 2. The predicted molar refractivity (Wildman–Crippen MR) is 64.6 cm³/mol. The highest BCUT2D eigenvalue weighted by molar-refractivity contribution is 5.78. The predicted octanol–water partition coefficient (Wildman–Crippen LogP) is 1.56. The van der Waals surface area contributed by atoms with Crippen LogP contribution >= 0.6 is 0 Å².